The standard InChI is InChI=1S/C23H23ClO4/c1-4-14(2)23(26)27-13-22(25)28-15(3)16-9-10-18-17(11-16)12-21(24)20-8-6-5-7-19(18)20/h5-12,14-15H,4,13H2,1-3H3. The average Bonchev–Trinajstić information content (AvgIpc) is 2.71. The molecule has 146 valence electrons. The molecule has 2 atom stereocenters. The number of fused-ring (bicyclic) bond motifs is 3. The molecule has 0 saturated heterocycles. The normalized spacial score (nSPS) is 13.3. The molecule has 4 nitrogen and oxygen atoms in total. The second kappa shape index (κ2) is 8.61. The minimum atomic E-state index is -0.569. The van der Waals surface area contributed by atoms with Crippen LogP contribution >= 0.6 is 11.6 Å². The quantitative estimate of drug-likeness (QED) is 0.386. The topological polar surface area (TPSA) is 52.6 Å². The predicted octanol–water partition coefficient (Wildman–Crippen LogP) is 5.84. The fourth-order valence-electron chi connectivity index (χ4n) is 3.08. The van der Waals surface area contributed by atoms with Gasteiger partial charge in [-0.05, 0) is 47.2 Å². The summed E-state index contributed by atoms with van der Waals surface area (Å²) in [6, 6.07) is 15.8. The molecule has 5 heteroatoms. The fraction of sp³-hybridized carbons (Fsp3) is 0.304. The van der Waals surface area contributed by atoms with E-state index in [4.69, 9.17) is 21.1 Å². The molecule has 0 fully saturated rings. The Kier molecular flexibility index (Phi) is 6.20. The van der Waals surface area contributed by atoms with Crippen LogP contribution in [0.3, 0.4) is 0 Å². The summed E-state index contributed by atoms with van der Waals surface area (Å²) in [6.07, 6.45) is 0.197. The maximum atomic E-state index is 12.0. The van der Waals surface area contributed by atoms with Crippen molar-refractivity contribution in [2.75, 3.05) is 6.61 Å². The number of esters is 2. The number of hydrogen-bond acceptors (Lipinski definition) is 4. The summed E-state index contributed by atoms with van der Waals surface area (Å²) in [5, 5.41) is 4.84. The van der Waals surface area contributed by atoms with Gasteiger partial charge in [-0.1, -0.05) is 61.8 Å². The van der Waals surface area contributed by atoms with E-state index in [9.17, 15) is 9.59 Å². The number of carbonyl (C=O) groups excluding carboxylic acids is 2. The summed E-state index contributed by atoms with van der Waals surface area (Å²) in [6.45, 7) is 5.07. The van der Waals surface area contributed by atoms with Gasteiger partial charge < -0.3 is 9.47 Å². The molecule has 3 aromatic carbocycles. The van der Waals surface area contributed by atoms with Crippen LogP contribution in [0.1, 0.15) is 38.9 Å². The van der Waals surface area contributed by atoms with Crippen LogP contribution in [0.5, 0.6) is 0 Å². The first kappa shape index (κ1) is 20.2. The average molecular weight is 399 g/mol. The number of hydrogen-bond donors (Lipinski definition) is 0. The Hall–Kier alpha value is -2.59. The Morgan fingerprint density at radius 1 is 1.00 bits per heavy atom. The van der Waals surface area contributed by atoms with Crippen LogP contribution in [0, 0.1) is 5.92 Å². The lowest BCUT2D eigenvalue weighted by molar-refractivity contribution is -0.164. The Morgan fingerprint density at radius 3 is 2.43 bits per heavy atom. The molecule has 3 aromatic rings. The van der Waals surface area contributed by atoms with Crippen LogP contribution in [0.2, 0.25) is 5.02 Å². The van der Waals surface area contributed by atoms with Gasteiger partial charge in [-0.2, -0.15) is 0 Å². The van der Waals surface area contributed by atoms with Crippen molar-refractivity contribution in [1.29, 1.82) is 0 Å². The minimum Gasteiger partial charge on any atom is -0.455 e. The lowest BCUT2D eigenvalue weighted by Gasteiger charge is -2.16. The van der Waals surface area contributed by atoms with Crippen molar-refractivity contribution in [3.63, 3.8) is 0 Å². The zero-order valence-electron chi connectivity index (χ0n) is 16.2. The van der Waals surface area contributed by atoms with E-state index in [1.807, 2.05) is 55.5 Å². The molecule has 0 aliphatic rings. The van der Waals surface area contributed by atoms with Gasteiger partial charge >= 0.3 is 11.9 Å². The molecule has 0 N–H and O–H groups in total. The maximum Gasteiger partial charge on any atom is 0.344 e. The van der Waals surface area contributed by atoms with Gasteiger partial charge in [0.25, 0.3) is 0 Å². The Bertz CT molecular complexity index is 1030. The Morgan fingerprint density at radius 2 is 1.71 bits per heavy atom. The van der Waals surface area contributed by atoms with Crippen LogP contribution in [0.15, 0.2) is 48.5 Å². The van der Waals surface area contributed by atoms with Crippen molar-refractivity contribution < 1.29 is 19.1 Å². The highest BCUT2D eigenvalue weighted by Gasteiger charge is 2.17. The zero-order chi connectivity index (χ0) is 20.3. The molecule has 0 bridgehead atoms. The number of benzene rings is 3. The molecular formula is C23H23ClO4. The molecule has 0 aromatic heterocycles. The van der Waals surface area contributed by atoms with Gasteiger partial charge in [-0.15, -0.1) is 0 Å². The lowest BCUT2D eigenvalue weighted by atomic mass is 9.99. The zero-order valence-corrected chi connectivity index (χ0v) is 17.0. The molecule has 0 aliphatic carbocycles. The van der Waals surface area contributed by atoms with Gasteiger partial charge in [0, 0.05) is 10.4 Å². The van der Waals surface area contributed by atoms with Crippen molar-refractivity contribution >= 4 is 45.1 Å². The van der Waals surface area contributed by atoms with E-state index in [2.05, 4.69) is 0 Å². The third kappa shape index (κ3) is 4.28. The molecule has 0 saturated carbocycles. The summed E-state index contributed by atoms with van der Waals surface area (Å²) < 4.78 is 10.4. The number of carbonyl (C=O) groups is 2. The van der Waals surface area contributed by atoms with E-state index < -0.39 is 12.1 Å². The van der Waals surface area contributed by atoms with Crippen molar-refractivity contribution in [3.05, 3.63) is 59.1 Å². The minimum absolute atomic E-state index is 0.231. The molecule has 3 rings (SSSR count). The van der Waals surface area contributed by atoms with Crippen LogP contribution in [0.4, 0.5) is 0 Å². The first-order valence-electron chi connectivity index (χ1n) is 9.37. The maximum absolute atomic E-state index is 12.0. The third-order valence-electron chi connectivity index (χ3n) is 4.96. The summed E-state index contributed by atoms with van der Waals surface area (Å²) in [5.41, 5.74) is 0.848. The fourth-order valence-corrected chi connectivity index (χ4v) is 3.36. The van der Waals surface area contributed by atoms with Gasteiger partial charge in [-0.25, -0.2) is 4.79 Å². The first-order valence-corrected chi connectivity index (χ1v) is 9.75. The third-order valence-corrected chi connectivity index (χ3v) is 5.27. The van der Waals surface area contributed by atoms with E-state index in [0.717, 1.165) is 27.1 Å². The second-order valence-corrected chi connectivity index (χ2v) is 7.34. The van der Waals surface area contributed by atoms with E-state index in [1.54, 1.807) is 13.8 Å². The van der Waals surface area contributed by atoms with Crippen molar-refractivity contribution in [1.82, 2.24) is 0 Å². The Labute approximate surface area is 169 Å². The monoisotopic (exact) mass is 398 g/mol. The summed E-state index contributed by atoms with van der Waals surface area (Å²) in [7, 11) is 0. The molecule has 0 amide bonds. The van der Waals surface area contributed by atoms with E-state index in [1.165, 1.54) is 0 Å². The van der Waals surface area contributed by atoms with Gasteiger partial charge in [0.1, 0.15) is 6.10 Å². The summed E-state index contributed by atoms with van der Waals surface area (Å²) in [5.74, 6) is -1.19. The summed E-state index contributed by atoms with van der Waals surface area (Å²) in [4.78, 5) is 23.7. The van der Waals surface area contributed by atoms with Crippen LogP contribution in [0.25, 0.3) is 21.5 Å². The molecule has 2 unspecified atom stereocenters. The number of rotatable bonds is 6. The van der Waals surface area contributed by atoms with Crippen LogP contribution in [-0.4, -0.2) is 18.5 Å². The largest absolute Gasteiger partial charge is 0.455 e. The highest BCUT2D eigenvalue weighted by Crippen LogP contribution is 2.33. The van der Waals surface area contributed by atoms with Gasteiger partial charge in [0.2, 0.25) is 0 Å². The van der Waals surface area contributed by atoms with E-state index in [-0.39, 0.29) is 18.5 Å². The molecule has 0 spiro atoms. The second-order valence-electron chi connectivity index (χ2n) is 6.93. The predicted molar refractivity (Wildman–Crippen MR) is 111 cm³/mol. The Balaban J connectivity index is 1.75. The first-order chi connectivity index (χ1) is 13.4. The van der Waals surface area contributed by atoms with Crippen molar-refractivity contribution in [2.24, 2.45) is 5.92 Å². The SMILES string of the molecule is CCC(C)C(=O)OCC(=O)OC(C)c1ccc2c(c1)cc(Cl)c1ccccc12. The molecular weight excluding hydrogens is 376 g/mol. The van der Waals surface area contributed by atoms with Crippen molar-refractivity contribution in [3.8, 4) is 0 Å². The number of halogens is 1. The van der Waals surface area contributed by atoms with Crippen LogP contribution in [-0.2, 0) is 19.1 Å². The van der Waals surface area contributed by atoms with Crippen LogP contribution < -0.4 is 0 Å². The smallest absolute Gasteiger partial charge is 0.344 e. The highest BCUT2D eigenvalue weighted by molar-refractivity contribution is 6.37. The molecule has 0 aliphatic heterocycles. The van der Waals surface area contributed by atoms with Gasteiger partial charge in [-0.3, -0.25) is 4.79 Å². The van der Waals surface area contributed by atoms with E-state index >= 15 is 0 Å². The van der Waals surface area contributed by atoms with E-state index in [0.29, 0.717) is 11.4 Å². The molecule has 0 radical (unpaired) electrons. The molecule has 28 heavy (non-hydrogen) atoms. The van der Waals surface area contributed by atoms with Crippen molar-refractivity contribution in [2.45, 2.75) is 33.3 Å². The molecule has 0 heterocycles. The highest BCUT2D eigenvalue weighted by atomic mass is 35.5. The number of ether oxygens (including phenoxy) is 2. The summed E-state index contributed by atoms with van der Waals surface area (Å²) >= 11 is 6.43. The lowest BCUT2D eigenvalue weighted by Crippen LogP contribution is -2.21. The van der Waals surface area contributed by atoms with Gasteiger partial charge in [0.15, 0.2) is 6.61 Å². The van der Waals surface area contributed by atoms with Gasteiger partial charge in [0.05, 0.1) is 5.92 Å².